The third-order valence-electron chi connectivity index (χ3n) is 3.98. The first-order chi connectivity index (χ1) is 10.2. The van der Waals surface area contributed by atoms with Gasteiger partial charge in [0.25, 0.3) is 0 Å². The van der Waals surface area contributed by atoms with E-state index in [0.29, 0.717) is 6.04 Å². The van der Waals surface area contributed by atoms with Crippen LogP contribution in [0, 0.1) is 0 Å². The van der Waals surface area contributed by atoms with Crippen LogP contribution in [0.25, 0.3) is 11.0 Å². The van der Waals surface area contributed by atoms with Crippen molar-refractivity contribution in [1.29, 1.82) is 0 Å². The van der Waals surface area contributed by atoms with Crippen molar-refractivity contribution in [3.8, 4) is 0 Å². The first kappa shape index (κ1) is 16.1. The van der Waals surface area contributed by atoms with Gasteiger partial charge < -0.3 is 9.73 Å². The van der Waals surface area contributed by atoms with Crippen LogP contribution in [-0.4, -0.2) is 30.6 Å². The molecule has 1 atom stereocenters. The summed E-state index contributed by atoms with van der Waals surface area (Å²) in [4.78, 5) is 2.47. The molecule has 0 radical (unpaired) electrons. The van der Waals surface area contributed by atoms with Crippen molar-refractivity contribution >= 4 is 11.0 Å². The lowest BCUT2D eigenvalue weighted by atomic mass is 10.1. The van der Waals surface area contributed by atoms with Crippen molar-refractivity contribution in [2.24, 2.45) is 0 Å². The van der Waals surface area contributed by atoms with Crippen molar-refractivity contribution in [1.82, 2.24) is 10.2 Å². The van der Waals surface area contributed by atoms with Crippen LogP contribution in [-0.2, 0) is 0 Å². The molecule has 0 aliphatic heterocycles. The second kappa shape index (κ2) is 7.62. The van der Waals surface area contributed by atoms with Crippen molar-refractivity contribution in [3.63, 3.8) is 0 Å². The Bertz CT molecular complexity index is 514. The Kier molecular flexibility index (Phi) is 5.83. The van der Waals surface area contributed by atoms with Crippen LogP contribution in [0.5, 0.6) is 0 Å². The summed E-state index contributed by atoms with van der Waals surface area (Å²) in [6.07, 6.45) is 1.13. The summed E-state index contributed by atoms with van der Waals surface area (Å²) in [5, 5.41) is 4.81. The van der Waals surface area contributed by atoms with Crippen molar-refractivity contribution < 1.29 is 4.42 Å². The number of furan rings is 1. The van der Waals surface area contributed by atoms with Crippen molar-refractivity contribution in [2.75, 3.05) is 19.6 Å². The largest absolute Gasteiger partial charge is 0.459 e. The molecule has 21 heavy (non-hydrogen) atoms. The van der Waals surface area contributed by atoms with Gasteiger partial charge in [0.05, 0.1) is 6.04 Å². The van der Waals surface area contributed by atoms with Crippen LogP contribution in [0.3, 0.4) is 0 Å². The molecule has 3 nitrogen and oxygen atoms in total. The molecule has 1 unspecified atom stereocenters. The molecule has 0 saturated carbocycles. The maximum absolute atomic E-state index is 6.06. The van der Waals surface area contributed by atoms with Gasteiger partial charge in [-0.3, -0.25) is 4.90 Å². The zero-order chi connectivity index (χ0) is 15.2. The number of benzene rings is 1. The van der Waals surface area contributed by atoms with E-state index in [0.717, 1.165) is 37.4 Å². The number of nitrogens with one attached hydrogen (secondary N) is 1. The van der Waals surface area contributed by atoms with E-state index in [1.807, 2.05) is 12.1 Å². The van der Waals surface area contributed by atoms with Crippen LogP contribution in [0.4, 0.5) is 0 Å². The summed E-state index contributed by atoms with van der Waals surface area (Å²) < 4.78 is 6.06. The first-order valence-electron chi connectivity index (χ1n) is 8.11. The smallest absolute Gasteiger partial charge is 0.134 e. The average Bonchev–Trinajstić information content (AvgIpc) is 2.91. The fraction of sp³-hybridized carbons (Fsp3) is 0.556. The van der Waals surface area contributed by atoms with Gasteiger partial charge >= 0.3 is 0 Å². The quantitative estimate of drug-likeness (QED) is 0.789. The van der Waals surface area contributed by atoms with Crippen LogP contribution >= 0.6 is 0 Å². The number of rotatable bonds is 8. The van der Waals surface area contributed by atoms with Crippen LogP contribution in [0.1, 0.15) is 45.9 Å². The molecule has 0 amide bonds. The minimum Gasteiger partial charge on any atom is -0.459 e. The topological polar surface area (TPSA) is 28.4 Å². The van der Waals surface area contributed by atoms with Crippen molar-refractivity contribution in [3.05, 3.63) is 36.1 Å². The minimum atomic E-state index is 0.250. The fourth-order valence-corrected chi connectivity index (χ4v) is 2.69. The van der Waals surface area contributed by atoms with E-state index in [4.69, 9.17) is 4.42 Å². The van der Waals surface area contributed by atoms with Gasteiger partial charge in [0.2, 0.25) is 0 Å². The third kappa shape index (κ3) is 4.08. The molecule has 2 aromatic rings. The van der Waals surface area contributed by atoms with E-state index < -0.39 is 0 Å². The van der Waals surface area contributed by atoms with E-state index in [1.54, 1.807) is 0 Å². The van der Waals surface area contributed by atoms with Crippen LogP contribution in [0.2, 0.25) is 0 Å². The molecule has 0 spiro atoms. The second-order valence-electron chi connectivity index (χ2n) is 5.87. The number of hydrogen-bond acceptors (Lipinski definition) is 3. The zero-order valence-corrected chi connectivity index (χ0v) is 13.7. The van der Waals surface area contributed by atoms with Gasteiger partial charge in [-0.05, 0) is 45.5 Å². The Morgan fingerprint density at radius 3 is 2.57 bits per heavy atom. The molecule has 1 aromatic heterocycles. The normalized spacial score (nSPS) is 13.4. The Hall–Kier alpha value is -1.32. The lowest BCUT2D eigenvalue weighted by molar-refractivity contribution is 0.199. The SMILES string of the molecule is CCCNC(CN(CC)C(C)C)c1cc2ccccc2o1. The monoisotopic (exact) mass is 288 g/mol. The van der Waals surface area contributed by atoms with Crippen molar-refractivity contribution in [2.45, 2.75) is 46.2 Å². The number of fused-ring (bicyclic) bond motifs is 1. The molecule has 1 aromatic carbocycles. The highest BCUT2D eigenvalue weighted by Crippen LogP contribution is 2.25. The summed E-state index contributed by atoms with van der Waals surface area (Å²) in [5.41, 5.74) is 0.975. The molecular formula is C18H28N2O. The van der Waals surface area contributed by atoms with Gasteiger partial charge in [0.1, 0.15) is 11.3 Å². The van der Waals surface area contributed by atoms with E-state index in [2.05, 4.69) is 56.1 Å². The molecule has 2 rings (SSSR count). The predicted molar refractivity (Wildman–Crippen MR) is 89.6 cm³/mol. The minimum absolute atomic E-state index is 0.250. The summed E-state index contributed by atoms with van der Waals surface area (Å²) in [5.74, 6) is 1.05. The molecule has 0 saturated heterocycles. The van der Waals surface area contributed by atoms with E-state index in [1.165, 1.54) is 5.39 Å². The molecule has 1 N–H and O–H groups in total. The summed E-state index contributed by atoms with van der Waals surface area (Å²) in [7, 11) is 0. The van der Waals surface area contributed by atoms with Gasteiger partial charge in [-0.25, -0.2) is 0 Å². The molecule has 3 heteroatoms. The lowest BCUT2D eigenvalue weighted by Gasteiger charge is -2.29. The van der Waals surface area contributed by atoms with Gasteiger partial charge in [0.15, 0.2) is 0 Å². The summed E-state index contributed by atoms with van der Waals surface area (Å²) in [6, 6.07) is 11.2. The fourth-order valence-electron chi connectivity index (χ4n) is 2.69. The Morgan fingerprint density at radius 1 is 1.19 bits per heavy atom. The summed E-state index contributed by atoms with van der Waals surface area (Å²) >= 11 is 0. The maximum atomic E-state index is 6.06. The number of hydrogen-bond donors (Lipinski definition) is 1. The Labute approximate surface area is 128 Å². The first-order valence-corrected chi connectivity index (χ1v) is 8.11. The highest BCUT2D eigenvalue weighted by atomic mass is 16.3. The van der Waals surface area contributed by atoms with Gasteiger partial charge in [-0.2, -0.15) is 0 Å². The zero-order valence-electron chi connectivity index (χ0n) is 13.7. The van der Waals surface area contributed by atoms with Gasteiger partial charge in [0, 0.05) is 18.0 Å². The van der Waals surface area contributed by atoms with Gasteiger partial charge in [-0.15, -0.1) is 0 Å². The molecule has 1 heterocycles. The molecule has 0 fully saturated rings. The van der Waals surface area contributed by atoms with Gasteiger partial charge in [-0.1, -0.05) is 32.0 Å². The highest BCUT2D eigenvalue weighted by Gasteiger charge is 2.20. The average molecular weight is 288 g/mol. The standard InChI is InChI=1S/C18H28N2O/c1-5-11-19-16(13-20(6-2)14(3)4)18-12-15-9-7-8-10-17(15)21-18/h7-10,12,14,16,19H,5-6,11,13H2,1-4H3. The Balaban J connectivity index is 2.21. The Morgan fingerprint density at radius 2 is 1.95 bits per heavy atom. The van der Waals surface area contributed by atoms with Crippen LogP contribution in [0.15, 0.2) is 34.7 Å². The second-order valence-corrected chi connectivity index (χ2v) is 5.87. The molecule has 0 aliphatic rings. The van der Waals surface area contributed by atoms with E-state index in [-0.39, 0.29) is 6.04 Å². The maximum Gasteiger partial charge on any atom is 0.134 e. The number of para-hydroxylation sites is 1. The lowest BCUT2D eigenvalue weighted by Crippen LogP contribution is -2.39. The van der Waals surface area contributed by atoms with E-state index >= 15 is 0 Å². The molecular weight excluding hydrogens is 260 g/mol. The summed E-state index contributed by atoms with van der Waals surface area (Å²) in [6.45, 7) is 12.0. The van der Waals surface area contributed by atoms with E-state index in [9.17, 15) is 0 Å². The number of likely N-dealkylation sites (N-methyl/N-ethyl adjacent to an activating group) is 1. The molecule has 0 bridgehead atoms. The van der Waals surface area contributed by atoms with Crippen LogP contribution < -0.4 is 5.32 Å². The molecule has 0 aliphatic carbocycles. The number of nitrogens with zero attached hydrogens (tertiary/aromatic N) is 1. The highest BCUT2D eigenvalue weighted by molar-refractivity contribution is 5.77. The third-order valence-corrected chi connectivity index (χ3v) is 3.98. The predicted octanol–water partition coefficient (Wildman–Crippen LogP) is 4.20. The molecule has 116 valence electrons.